The number of carbonyl (C=O) groups excluding carboxylic acids is 1. The van der Waals surface area contributed by atoms with Crippen LogP contribution in [0.3, 0.4) is 0 Å². The molecule has 106 valence electrons. The molecule has 19 heavy (non-hydrogen) atoms. The zero-order chi connectivity index (χ0) is 14.3. The molecule has 1 fully saturated rings. The topological polar surface area (TPSA) is 51.2 Å². The minimum absolute atomic E-state index is 0.0200. The summed E-state index contributed by atoms with van der Waals surface area (Å²) in [4.78, 5) is 17.1. The van der Waals surface area contributed by atoms with Crippen molar-refractivity contribution in [3.63, 3.8) is 0 Å². The van der Waals surface area contributed by atoms with Crippen LogP contribution in [0.15, 0.2) is 6.20 Å². The lowest BCUT2D eigenvalue weighted by molar-refractivity contribution is -0.177. The van der Waals surface area contributed by atoms with Gasteiger partial charge >= 0.3 is 0 Å². The highest BCUT2D eigenvalue weighted by molar-refractivity contribution is 7.13. The molecule has 0 bridgehead atoms. The molecule has 0 saturated heterocycles. The highest BCUT2D eigenvalue weighted by atomic mass is 32.1. The fourth-order valence-corrected chi connectivity index (χ4v) is 3.29. The first kappa shape index (κ1) is 14.5. The monoisotopic (exact) mass is 282 g/mol. The van der Waals surface area contributed by atoms with E-state index in [9.17, 15) is 4.79 Å². The van der Waals surface area contributed by atoms with Gasteiger partial charge in [0.15, 0.2) is 0 Å². The molecular weight excluding hydrogens is 260 g/mol. The highest BCUT2D eigenvalue weighted by Crippen LogP contribution is 2.51. The van der Waals surface area contributed by atoms with Gasteiger partial charge in [0.1, 0.15) is 4.88 Å². The van der Waals surface area contributed by atoms with Crippen LogP contribution in [-0.4, -0.2) is 29.6 Å². The van der Waals surface area contributed by atoms with Gasteiger partial charge in [-0.3, -0.25) is 4.79 Å². The summed E-state index contributed by atoms with van der Waals surface area (Å²) in [6.07, 6.45) is 3.39. The Morgan fingerprint density at radius 3 is 2.74 bits per heavy atom. The summed E-state index contributed by atoms with van der Waals surface area (Å²) < 4.78 is 5.57. The highest BCUT2D eigenvalue weighted by Gasteiger charge is 2.58. The number of rotatable bonds is 4. The zero-order valence-electron chi connectivity index (χ0n) is 12.2. The summed E-state index contributed by atoms with van der Waals surface area (Å²) in [7, 11) is 1.73. The Morgan fingerprint density at radius 1 is 1.58 bits per heavy atom. The van der Waals surface area contributed by atoms with Crippen molar-refractivity contribution in [1.29, 1.82) is 0 Å². The molecule has 1 saturated carbocycles. The van der Waals surface area contributed by atoms with Crippen LogP contribution in [0.25, 0.3) is 0 Å². The van der Waals surface area contributed by atoms with Crippen molar-refractivity contribution in [2.75, 3.05) is 7.11 Å². The summed E-state index contributed by atoms with van der Waals surface area (Å²) >= 11 is 1.47. The normalized spacial score (nSPS) is 28.8. The number of nitrogens with zero attached hydrogens (tertiary/aromatic N) is 1. The van der Waals surface area contributed by atoms with Crippen molar-refractivity contribution in [2.45, 2.75) is 52.2 Å². The van der Waals surface area contributed by atoms with Gasteiger partial charge in [-0.15, -0.1) is 11.3 Å². The molecule has 0 aromatic carbocycles. The summed E-state index contributed by atoms with van der Waals surface area (Å²) in [6, 6.07) is 0.150. The summed E-state index contributed by atoms with van der Waals surface area (Å²) in [6.45, 7) is 8.40. The second kappa shape index (κ2) is 4.87. The van der Waals surface area contributed by atoms with E-state index in [0.29, 0.717) is 4.88 Å². The number of carbonyl (C=O) groups is 1. The lowest BCUT2D eigenvalue weighted by atomic mass is 9.56. The molecule has 1 aromatic rings. The number of nitrogens with one attached hydrogen (secondary N) is 1. The van der Waals surface area contributed by atoms with Crippen LogP contribution in [0.4, 0.5) is 0 Å². The molecule has 1 N–H and O–H groups in total. The average Bonchev–Trinajstić information content (AvgIpc) is 2.86. The minimum atomic E-state index is -0.159. The third-order valence-corrected chi connectivity index (χ3v) is 5.80. The van der Waals surface area contributed by atoms with E-state index in [-0.39, 0.29) is 23.0 Å². The van der Waals surface area contributed by atoms with Crippen molar-refractivity contribution >= 4 is 17.2 Å². The Hall–Kier alpha value is -0.940. The molecule has 2 atom stereocenters. The predicted molar refractivity (Wildman–Crippen MR) is 76.6 cm³/mol. The Kier molecular flexibility index (Phi) is 3.71. The molecule has 1 aliphatic carbocycles. The lowest BCUT2D eigenvalue weighted by Crippen LogP contribution is -2.68. The van der Waals surface area contributed by atoms with E-state index in [1.54, 1.807) is 13.3 Å². The van der Waals surface area contributed by atoms with Crippen molar-refractivity contribution in [3.8, 4) is 0 Å². The molecular formula is C14H22N2O2S. The van der Waals surface area contributed by atoms with Gasteiger partial charge in [-0.25, -0.2) is 4.98 Å². The fourth-order valence-electron chi connectivity index (χ4n) is 2.53. The summed E-state index contributed by atoms with van der Waals surface area (Å²) in [5.41, 5.74) is -0.219. The van der Waals surface area contributed by atoms with Crippen molar-refractivity contribution < 1.29 is 9.53 Å². The van der Waals surface area contributed by atoms with Gasteiger partial charge in [0.05, 0.1) is 16.8 Å². The number of thiazole rings is 1. The first-order valence-electron chi connectivity index (χ1n) is 6.65. The molecule has 5 heteroatoms. The number of aromatic nitrogens is 1. The molecule has 4 nitrogen and oxygen atoms in total. The van der Waals surface area contributed by atoms with Crippen LogP contribution in [0.1, 0.15) is 48.8 Å². The van der Waals surface area contributed by atoms with Gasteiger partial charge in [-0.2, -0.15) is 0 Å². The Morgan fingerprint density at radius 2 is 2.26 bits per heavy atom. The largest absolute Gasteiger partial charge is 0.378 e. The van der Waals surface area contributed by atoms with Gasteiger partial charge in [0, 0.05) is 18.6 Å². The lowest BCUT2D eigenvalue weighted by Gasteiger charge is -2.59. The average molecular weight is 282 g/mol. The maximum atomic E-state index is 12.2. The molecule has 1 amide bonds. The van der Waals surface area contributed by atoms with Crippen LogP contribution in [0.2, 0.25) is 0 Å². The van der Waals surface area contributed by atoms with Crippen LogP contribution < -0.4 is 5.32 Å². The second-order valence-corrected chi connectivity index (χ2v) is 6.97. The van der Waals surface area contributed by atoms with Crippen LogP contribution in [0.5, 0.6) is 0 Å². The van der Waals surface area contributed by atoms with Gasteiger partial charge in [-0.05, 0) is 19.8 Å². The van der Waals surface area contributed by atoms with Gasteiger partial charge < -0.3 is 10.1 Å². The van der Waals surface area contributed by atoms with E-state index in [1.807, 2.05) is 6.92 Å². The number of methoxy groups -OCH3 is 1. The quantitative estimate of drug-likeness (QED) is 0.923. The molecule has 1 aliphatic rings. The van der Waals surface area contributed by atoms with E-state index >= 15 is 0 Å². The molecule has 1 aromatic heterocycles. The van der Waals surface area contributed by atoms with E-state index in [4.69, 9.17) is 4.74 Å². The smallest absolute Gasteiger partial charge is 0.263 e. The SMILES string of the molecule is CCc1ncc(C(=O)N[C@H]2C[C@](C)(OC)C2(C)C)s1. The first-order chi connectivity index (χ1) is 8.84. The van der Waals surface area contributed by atoms with Crippen LogP contribution >= 0.6 is 11.3 Å². The predicted octanol–water partition coefficient (Wildman–Crippen LogP) is 2.64. The molecule has 0 spiro atoms. The van der Waals surface area contributed by atoms with Gasteiger partial charge in [-0.1, -0.05) is 20.8 Å². The standard InChI is InChI=1S/C14H22N2O2S/c1-6-11-15-8-9(19-11)12(17)16-10-7-14(4,18-5)13(10,2)3/h8,10H,6-7H2,1-5H3,(H,16,17)/t10-,14-/m0/s1. The van der Waals surface area contributed by atoms with Gasteiger partial charge in [0.2, 0.25) is 0 Å². The molecule has 0 radical (unpaired) electrons. The first-order valence-corrected chi connectivity index (χ1v) is 7.46. The van der Waals surface area contributed by atoms with E-state index in [1.165, 1.54) is 11.3 Å². The molecule has 1 heterocycles. The van der Waals surface area contributed by atoms with E-state index in [2.05, 4.69) is 31.1 Å². The van der Waals surface area contributed by atoms with Crippen LogP contribution in [-0.2, 0) is 11.2 Å². The Labute approximate surface area is 118 Å². The molecule has 0 aliphatic heterocycles. The zero-order valence-corrected chi connectivity index (χ0v) is 13.1. The summed E-state index contributed by atoms with van der Waals surface area (Å²) in [5.74, 6) is -0.0200. The third kappa shape index (κ3) is 2.30. The third-order valence-electron chi connectivity index (χ3n) is 4.66. The Balaban J connectivity index is 2.01. The van der Waals surface area contributed by atoms with E-state index < -0.39 is 0 Å². The maximum Gasteiger partial charge on any atom is 0.263 e. The molecule has 2 rings (SSSR count). The van der Waals surface area contributed by atoms with Crippen molar-refractivity contribution in [1.82, 2.24) is 10.3 Å². The number of amides is 1. The van der Waals surface area contributed by atoms with Crippen molar-refractivity contribution in [3.05, 3.63) is 16.1 Å². The second-order valence-electron chi connectivity index (χ2n) is 5.86. The minimum Gasteiger partial charge on any atom is -0.378 e. The summed E-state index contributed by atoms with van der Waals surface area (Å²) in [5, 5.41) is 4.10. The van der Waals surface area contributed by atoms with Crippen LogP contribution in [0, 0.1) is 5.41 Å². The Bertz CT molecular complexity index is 484. The number of hydrogen-bond acceptors (Lipinski definition) is 4. The maximum absolute atomic E-state index is 12.2. The molecule has 0 unspecified atom stereocenters. The van der Waals surface area contributed by atoms with E-state index in [0.717, 1.165) is 17.8 Å². The van der Waals surface area contributed by atoms with Crippen molar-refractivity contribution in [2.24, 2.45) is 5.41 Å². The number of ether oxygens (including phenoxy) is 1. The fraction of sp³-hybridized carbons (Fsp3) is 0.714. The number of hydrogen-bond donors (Lipinski definition) is 1. The van der Waals surface area contributed by atoms with Gasteiger partial charge in [0.25, 0.3) is 5.91 Å². The number of aryl methyl sites for hydroxylation is 1.